The second-order valence-corrected chi connectivity index (χ2v) is 9.70. The standard InChI is InChI=1S/C25H23F5N4O4/c1-24(2,3)38-23(36)33-11-16(12-33)21(35)34(18-6-4-5-17(26)10-18)13-15-8-7-14(9-19(15)27)20-31-32-22(37-20)25(28,29)30/h4-10,16H,11-13H2,1-3H3. The van der Waals surface area contributed by atoms with Crippen molar-refractivity contribution in [1.82, 2.24) is 15.1 Å². The Morgan fingerprint density at radius 1 is 1.08 bits per heavy atom. The molecule has 1 aliphatic heterocycles. The summed E-state index contributed by atoms with van der Waals surface area (Å²) >= 11 is 0. The maximum absolute atomic E-state index is 15.0. The van der Waals surface area contributed by atoms with Crippen molar-refractivity contribution in [3.05, 3.63) is 65.6 Å². The molecule has 38 heavy (non-hydrogen) atoms. The lowest BCUT2D eigenvalue weighted by Crippen LogP contribution is -2.57. The van der Waals surface area contributed by atoms with Gasteiger partial charge in [0.25, 0.3) is 0 Å². The van der Waals surface area contributed by atoms with E-state index in [0.717, 1.165) is 12.1 Å². The number of alkyl halides is 3. The third kappa shape index (κ3) is 6.09. The highest BCUT2D eigenvalue weighted by atomic mass is 19.4. The van der Waals surface area contributed by atoms with Crippen LogP contribution in [0.25, 0.3) is 11.5 Å². The smallest absolute Gasteiger partial charge is 0.444 e. The first-order valence-electron chi connectivity index (χ1n) is 11.5. The van der Waals surface area contributed by atoms with Crippen molar-refractivity contribution in [3.8, 4) is 11.5 Å². The second kappa shape index (κ2) is 10.0. The summed E-state index contributed by atoms with van der Waals surface area (Å²) in [7, 11) is 0. The van der Waals surface area contributed by atoms with Crippen LogP contribution in [-0.4, -0.2) is 45.8 Å². The molecule has 1 saturated heterocycles. The molecule has 0 N–H and O–H groups in total. The number of amides is 2. The van der Waals surface area contributed by atoms with Crippen LogP contribution in [0.5, 0.6) is 0 Å². The largest absolute Gasteiger partial charge is 0.470 e. The summed E-state index contributed by atoms with van der Waals surface area (Å²) in [5, 5.41) is 6.22. The van der Waals surface area contributed by atoms with Gasteiger partial charge in [0.15, 0.2) is 0 Å². The van der Waals surface area contributed by atoms with Gasteiger partial charge in [-0.25, -0.2) is 13.6 Å². The number of nitrogens with zero attached hydrogens (tertiary/aromatic N) is 4. The van der Waals surface area contributed by atoms with Gasteiger partial charge in [-0.05, 0) is 51.1 Å². The topological polar surface area (TPSA) is 88.8 Å². The monoisotopic (exact) mass is 538 g/mol. The van der Waals surface area contributed by atoms with Gasteiger partial charge in [0, 0.05) is 29.9 Å². The zero-order valence-corrected chi connectivity index (χ0v) is 20.6. The lowest BCUT2D eigenvalue weighted by atomic mass is 9.98. The summed E-state index contributed by atoms with van der Waals surface area (Å²) in [6, 6.07) is 8.62. The molecule has 0 saturated carbocycles. The fourth-order valence-corrected chi connectivity index (χ4v) is 3.70. The van der Waals surface area contributed by atoms with Gasteiger partial charge in [-0.1, -0.05) is 12.1 Å². The highest BCUT2D eigenvalue weighted by Gasteiger charge is 2.41. The van der Waals surface area contributed by atoms with Gasteiger partial charge in [0.1, 0.15) is 17.2 Å². The molecule has 2 heterocycles. The minimum absolute atomic E-state index is 0.00485. The maximum atomic E-state index is 15.0. The quantitative estimate of drug-likeness (QED) is 0.403. The van der Waals surface area contributed by atoms with Crippen molar-refractivity contribution >= 4 is 17.7 Å². The summed E-state index contributed by atoms with van der Waals surface area (Å²) in [4.78, 5) is 28.1. The van der Waals surface area contributed by atoms with Crippen LogP contribution in [0.15, 0.2) is 46.9 Å². The van der Waals surface area contributed by atoms with Crippen molar-refractivity contribution in [2.75, 3.05) is 18.0 Å². The Morgan fingerprint density at radius 3 is 2.37 bits per heavy atom. The van der Waals surface area contributed by atoms with Crippen molar-refractivity contribution in [2.24, 2.45) is 5.92 Å². The molecule has 2 amide bonds. The summed E-state index contributed by atoms with van der Waals surface area (Å²) < 4.78 is 77.1. The Hall–Kier alpha value is -4.03. The Labute approximate surface area is 214 Å². The van der Waals surface area contributed by atoms with Gasteiger partial charge in [-0.2, -0.15) is 13.2 Å². The third-order valence-electron chi connectivity index (χ3n) is 5.56. The fourth-order valence-electron chi connectivity index (χ4n) is 3.70. The lowest BCUT2D eigenvalue weighted by molar-refractivity contribution is -0.157. The van der Waals surface area contributed by atoms with Gasteiger partial charge in [0.2, 0.25) is 11.8 Å². The van der Waals surface area contributed by atoms with E-state index in [4.69, 9.17) is 4.74 Å². The molecule has 0 aliphatic carbocycles. The minimum Gasteiger partial charge on any atom is -0.444 e. The van der Waals surface area contributed by atoms with Crippen LogP contribution >= 0.6 is 0 Å². The predicted molar refractivity (Wildman–Crippen MR) is 124 cm³/mol. The van der Waals surface area contributed by atoms with Crippen LogP contribution in [0.2, 0.25) is 0 Å². The van der Waals surface area contributed by atoms with E-state index in [-0.39, 0.29) is 36.4 Å². The molecule has 13 heteroatoms. The first-order chi connectivity index (χ1) is 17.7. The number of halogens is 5. The van der Waals surface area contributed by atoms with Gasteiger partial charge in [-0.3, -0.25) is 4.79 Å². The maximum Gasteiger partial charge on any atom is 0.470 e. The number of ether oxygens (including phenoxy) is 1. The molecule has 1 aliphatic rings. The first kappa shape index (κ1) is 27.0. The number of carbonyl (C=O) groups excluding carboxylic acids is 2. The van der Waals surface area contributed by atoms with Gasteiger partial charge < -0.3 is 19.0 Å². The molecule has 202 valence electrons. The average molecular weight is 538 g/mol. The molecule has 0 spiro atoms. The molecule has 0 atom stereocenters. The van der Waals surface area contributed by atoms with Crippen molar-refractivity contribution in [3.63, 3.8) is 0 Å². The molecule has 2 aromatic carbocycles. The molecule has 0 bridgehead atoms. The molecule has 8 nitrogen and oxygen atoms in total. The van der Waals surface area contributed by atoms with E-state index in [9.17, 15) is 27.2 Å². The van der Waals surface area contributed by atoms with Crippen molar-refractivity contribution < 1.29 is 40.7 Å². The number of hydrogen-bond donors (Lipinski definition) is 0. The van der Waals surface area contributed by atoms with Gasteiger partial charge >= 0.3 is 18.2 Å². The van der Waals surface area contributed by atoms with E-state index < -0.39 is 53.1 Å². The lowest BCUT2D eigenvalue weighted by Gasteiger charge is -2.41. The van der Waals surface area contributed by atoms with E-state index in [0.29, 0.717) is 0 Å². The Balaban J connectivity index is 1.54. The molecule has 1 fully saturated rings. The minimum atomic E-state index is -4.85. The number of aromatic nitrogens is 2. The fraction of sp³-hybridized carbons (Fsp3) is 0.360. The molecule has 0 radical (unpaired) electrons. The highest BCUT2D eigenvalue weighted by molar-refractivity contribution is 5.96. The molecule has 1 aromatic heterocycles. The zero-order chi connectivity index (χ0) is 27.8. The van der Waals surface area contributed by atoms with Gasteiger partial charge in [-0.15, -0.1) is 10.2 Å². The van der Waals surface area contributed by atoms with Crippen LogP contribution in [0.3, 0.4) is 0 Å². The number of carbonyl (C=O) groups is 2. The number of rotatable bonds is 5. The third-order valence-corrected chi connectivity index (χ3v) is 5.56. The number of likely N-dealkylation sites (tertiary alicyclic amines) is 1. The Morgan fingerprint density at radius 2 is 1.79 bits per heavy atom. The first-order valence-corrected chi connectivity index (χ1v) is 11.5. The molecular weight excluding hydrogens is 515 g/mol. The molecule has 4 rings (SSSR count). The number of hydrogen-bond acceptors (Lipinski definition) is 6. The van der Waals surface area contributed by atoms with E-state index in [2.05, 4.69) is 14.6 Å². The molecule has 3 aromatic rings. The normalized spacial score (nSPS) is 14.3. The molecular formula is C25H23F5N4O4. The second-order valence-electron chi connectivity index (χ2n) is 9.70. The Kier molecular flexibility index (Phi) is 7.13. The van der Waals surface area contributed by atoms with E-state index in [1.807, 2.05) is 0 Å². The van der Waals surface area contributed by atoms with Crippen LogP contribution < -0.4 is 4.90 Å². The number of anilines is 1. The van der Waals surface area contributed by atoms with Crippen LogP contribution in [0.4, 0.5) is 32.4 Å². The average Bonchev–Trinajstić information content (AvgIpc) is 3.27. The predicted octanol–water partition coefficient (Wildman–Crippen LogP) is 5.43. The summed E-state index contributed by atoms with van der Waals surface area (Å²) in [5.41, 5.74) is -0.630. The summed E-state index contributed by atoms with van der Waals surface area (Å²) in [5.74, 6) is -4.67. The summed E-state index contributed by atoms with van der Waals surface area (Å²) in [6.07, 6.45) is -5.42. The SMILES string of the molecule is CC(C)(C)OC(=O)N1CC(C(=O)N(Cc2ccc(-c3nnc(C(F)(F)F)o3)cc2F)c2cccc(F)c2)C1. The van der Waals surface area contributed by atoms with Crippen LogP contribution in [0.1, 0.15) is 32.2 Å². The van der Waals surface area contributed by atoms with E-state index in [1.54, 1.807) is 20.8 Å². The van der Waals surface area contributed by atoms with Crippen LogP contribution in [-0.2, 0) is 22.3 Å². The summed E-state index contributed by atoms with van der Waals surface area (Å²) in [6.45, 7) is 4.97. The zero-order valence-electron chi connectivity index (χ0n) is 20.6. The van der Waals surface area contributed by atoms with Crippen molar-refractivity contribution in [2.45, 2.75) is 39.1 Å². The van der Waals surface area contributed by atoms with E-state index >= 15 is 4.39 Å². The van der Waals surface area contributed by atoms with E-state index in [1.165, 1.54) is 40.1 Å². The van der Waals surface area contributed by atoms with Crippen LogP contribution in [0, 0.1) is 17.6 Å². The number of benzene rings is 2. The van der Waals surface area contributed by atoms with Gasteiger partial charge in [0.05, 0.1) is 12.5 Å². The van der Waals surface area contributed by atoms with Crippen molar-refractivity contribution in [1.29, 1.82) is 0 Å². The molecule has 0 unspecified atom stereocenters. The Bertz CT molecular complexity index is 1350. The highest BCUT2D eigenvalue weighted by Crippen LogP contribution is 2.32.